The lowest BCUT2D eigenvalue weighted by Gasteiger charge is -1.99. The van der Waals surface area contributed by atoms with Crippen molar-refractivity contribution in [3.63, 3.8) is 0 Å². The van der Waals surface area contributed by atoms with Crippen molar-refractivity contribution in [3.05, 3.63) is 0 Å². The van der Waals surface area contributed by atoms with Crippen molar-refractivity contribution in [3.8, 4) is 0 Å². The number of hydrogen-bond donors (Lipinski definition) is 2. The van der Waals surface area contributed by atoms with Gasteiger partial charge in [-0.25, -0.2) is 4.21 Å². The maximum atomic E-state index is 10.2. The second kappa shape index (κ2) is 10.8. The van der Waals surface area contributed by atoms with E-state index in [1.54, 1.807) is 21.6 Å². The van der Waals surface area contributed by atoms with Gasteiger partial charge < -0.3 is 9.66 Å². The molecule has 0 rings (SSSR count). The zero-order valence-electron chi connectivity index (χ0n) is 7.48. The molecule has 0 aliphatic carbocycles. The van der Waals surface area contributed by atoms with Crippen LogP contribution in [0.25, 0.3) is 0 Å². The van der Waals surface area contributed by atoms with Crippen molar-refractivity contribution in [1.29, 1.82) is 0 Å². The normalized spacial score (nSPS) is 13.1. The molecule has 0 aromatic carbocycles. The van der Waals surface area contributed by atoms with E-state index in [-0.39, 0.29) is 6.61 Å². The van der Waals surface area contributed by atoms with Crippen molar-refractivity contribution < 1.29 is 13.9 Å². The Hall–Kier alpha value is 0.770. The second-order valence-electron chi connectivity index (χ2n) is 2.45. The molecule has 1 unspecified atom stereocenters. The third kappa shape index (κ3) is 12.8. The van der Waals surface area contributed by atoms with Crippen molar-refractivity contribution in [1.82, 2.24) is 0 Å². The number of unbranched alkanes of at least 4 members (excludes halogenated alkanes) is 2. The molecular weight excluding hydrogens is 228 g/mol. The van der Waals surface area contributed by atoms with Gasteiger partial charge in [0.15, 0.2) is 11.1 Å². The Kier molecular flexibility index (Phi) is 11.5. The highest BCUT2D eigenvalue weighted by Gasteiger charge is 1.94. The number of rotatable bonds is 9. The van der Waals surface area contributed by atoms with Crippen LogP contribution in [0.2, 0.25) is 0 Å². The van der Waals surface area contributed by atoms with Crippen molar-refractivity contribution in [2.24, 2.45) is 0 Å². The van der Waals surface area contributed by atoms with Gasteiger partial charge in [-0.15, -0.1) is 0 Å². The average Bonchev–Trinajstić information content (AvgIpc) is 2.09. The van der Waals surface area contributed by atoms with Crippen molar-refractivity contribution in [2.75, 3.05) is 23.9 Å². The second-order valence-corrected chi connectivity index (χ2v) is 6.21. The molecule has 0 saturated heterocycles. The lowest BCUT2D eigenvalue weighted by molar-refractivity contribution is 0.323. The monoisotopic (exact) mass is 244 g/mol. The maximum Gasteiger partial charge on any atom is 0.152 e. The van der Waals surface area contributed by atoms with Gasteiger partial charge in [-0.2, -0.15) is 0 Å². The lowest BCUT2D eigenvalue weighted by atomic mass is 10.3. The Bertz CT molecular complexity index is 132. The van der Waals surface area contributed by atoms with Crippen LogP contribution in [0.3, 0.4) is 0 Å². The summed E-state index contributed by atoms with van der Waals surface area (Å²) in [5.74, 6) is 2.24. The third-order valence-electron chi connectivity index (χ3n) is 1.30. The van der Waals surface area contributed by atoms with Gasteiger partial charge in [-0.3, -0.25) is 0 Å². The zero-order chi connectivity index (χ0) is 9.94. The van der Waals surface area contributed by atoms with Crippen LogP contribution >= 0.6 is 21.6 Å². The van der Waals surface area contributed by atoms with Crippen LogP contribution in [0.1, 0.15) is 19.3 Å². The largest absolute Gasteiger partial charge is 0.395 e. The minimum Gasteiger partial charge on any atom is -0.395 e. The first kappa shape index (κ1) is 13.8. The minimum absolute atomic E-state index is 0.237. The molecule has 0 spiro atoms. The minimum atomic E-state index is -1.62. The summed E-state index contributed by atoms with van der Waals surface area (Å²) in [5, 5.41) is 8.47. The summed E-state index contributed by atoms with van der Waals surface area (Å²) >= 11 is -1.62. The van der Waals surface area contributed by atoms with E-state index in [2.05, 4.69) is 0 Å². The number of aliphatic hydroxyl groups is 1. The highest BCUT2D eigenvalue weighted by Crippen LogP contribution is 2.21. The van der Waals surface area contributed by atoms with E-state index in [0.29, 0.717) is 5.75 Å². The molecule has 13 heavy (non-hydrogen) atoms. The zero-order valence-corrected chi connectivity index (χ0v) is 9.93. The lowest BCUT2D eigenvalue weighted by Crippen LogP contribution is -1.94. The quantitative estimate of drug-likeness (QED) is 0.368. The Labute approximate surface area is 89.7 Å². The standard InChI is InChI=1S/C7H16O3S3/c8-4-6-12-11-5-2-1-3-7-13(9)10/h8H,1-7H2,(H,9,10). The first-order valence-electron chi connectivity index (χ1n) is 4.20. The summed E-state index contributed by atoms with van der Waals surface area (Å²) in [6, 6.07) is 0. The Morgan fingerprint density at radius 3 is 2.38 bits per heavy atom. The van der Waals surface area contributed by atoms with E-state index in [1.165, 1.54) is 0 Å². The summed E-state index contributed by atoms with van der Waals surface area (Å²) in [6.45, 7) is 0.237. The molecule has 0 radical (unpaired) electrons. The summed E-state index contributed by atoms with van der Waals surface area (Å²) < 4.78 is 18.7. The Morgan fingerprint density at radius 2 is 1.77 bits per heavy atom. The van der Waals surface area contributed by atoms with Crippen LogP contribution in [0.15, 0.2) is 0 Å². The van der Waals surface area contributed by atoms with Gasteiger partial charge in [0.25, 0.3) is 0 Å². The van der Waals surface area contributed by atoms with Gasteiger partial charge in [0.1, 0.15) is 0 Å². The molecule has 0 aromatic rings. The van der Waals surface area contributed by atoms with Crippen LogP contribution in [-0.2, 0) is 11.1 Å². The van der Waals surface area contributed by atoms with Crippen LogP contribution in [-0.4, -0.2) is 37.7 Å². The predicted molar refractivity (Wildman–Crippen MR) is 61.5 cm³/mol. The molecule has 0 aromatic heterocycles. The van der Waals surface area contributed by atoms with E-state index in [1.807, 2.05) is 0 Å². The third-order valence-corrected chi connectivity index (χ3v) is 4.41. The Balaban J connectivity index is 2.87. The van der Waals surface area contributed by atoms with Crippen LogP contribution in [0.4, 0.5) is 0 Å². The molecule has 0 amide bonds. The van der Waals surface area contributed by atoms with E-state index in [0.717, 1.165) is 30.8 Å². The fraction of sp³-hybridized carbons (Fsp3) is 1.00. The van der Waals surface area contributed by atoms with Gasteiger partial charge in [-0.05, 0) is 12.8 Å². The molecule has 0 aliphatic rings. The van der Waals surface area contributed by atoms with E-state index >= 15 is 0 Å². The molecule has 0 saturated carbocycles. The molecule has 6 heteroatoms. The number of aliphatic hydroxyl groups excluding tert-OH is 1. The van der Waals surface area contributed by atoms with E-state index in [4.69, 9.17) is 9.66 Å². The molecule has 1 atom stereocenters. The van der Waals surface area contributed by atoms with Gasteiger partial charge in [-0.1, -0.05) is 28.0 Å². The molecule has 2 N–H and O–H groups in total. The predicted octanol–water partition coefficient (Wildman–Crippen LogP) is 1.75. The highest BCUT2D eigenvalue weighted by atomic mass is 33.1. The fourth-order valence-corrected chi connectivity index (χ4v) is 3.09. The topological polar surface area (TPSA) is 57.5 Å². The van der Waals surface area contributed by atoms with Crippen LogP contribution in [0.5, 0.6) is 0 Å². The molecule has 0 fully saturated rings. The molecule has 0 bridgehead atoms. The highest BCUT2D eigenvalue weighted by molar-refractivity contribution is 8.76. The first-order chi connectivity index (χ1) is 6.27. The molecule has 80 valence electrons. The number of hydrogen-bond acceptors (Lipinski definition) is 4. The van der Waals surface area contributed by atoms with Crippen molar-refractivity contribution in [2.45, 2.75) is 19.3 Å². The summed E-state index contributed by atoms with van der Waals surface area (Å²) in [4.78, 5) is 0. The summed E-state index contributed by atoms with van der Waals surface area (Å²) in [7, 11) is 3.43. The molecular formula is C7H16O3S3. The van der Waals surface area contributed by atoms with Gasteiger partial charge >= 0.3 is 0 Å². The first-order valence-corrected chi connectivity index (χ1v) is 7.96. The summed E-state index contributed by atoms with van der Waals surface area (Å²) in [5.41, 5.74) is 0. The van der Waals surface area contributed by atoms with Crippen LogP contribution < -0.4 is 0 Å². The van der Waals surface area contributed by atoms with E-state index < -0.39 is 11.1 Å². The van der Waals surface area contributed by atoms with Crippen molar-refractivity contribution >= 4 is 32.7 Å². The Morgan fingerprint density at radius 1 is 1.08 bits per heavy atom. The van der Waals surface area contributed by atoms with Gasteiger partial charge in [0, 0.05) is 17.3 Å². The fourth-order valence-electron chi connectivity index (χ4n) is 0.718. The smallest absolute Gasteiger partial charge is 0.152 e. The SMILES string of the molecule is O=S(O)CCCCCSSCCO. The molecule has 0 aliphatic heterocycles. The van der Waals surface area contributed by atoms with Gasteiger partial charge in [0.2, 0.25) is 0 Å². The maximum absolute atomic E-state index is 10.2. The summed E-state index contributed by atoms with van der Waals surface area (Å²) in [6.07, 6.45) is 2.92. The van der Waals surface area contributed by atoms with Gasteiger partial charge in [0.05, 0.1) is 6.61 Å². The van der Waals surface area contributed by atoms with E-state index in [9.17, 15) is 4.21 Å². The average molecular weight is 244 g/mol. The van der Waals surface area contributed by atoms with Crippen LogP contribution in [0, 0.1) is 0 Å². The molecule has 3 nitrogen and oxygen atoms in total. The molecule has 0 heterocycles.